The van der Waals surface area contributed by atoms with Crippen LogP contribution in [0.3, 0.4) is 0 Å². The van der Waals surface area contributed by atoms with Crippen LogP contribution in [-0.4, -0.2) is 59.4 Å². The largest absolute Gasteiger partial charge is 0.444 e. The van der Waals surface area contributed by atoms with Gasteiger partial charge in [-0.2, -0.15) is 0 Å². The zero-order chi connectivity index (χ0) is 28.8. The summed E-state index contributed by atoms with van der Waals surface area (Å²) in [6, 6.07) is 10.0. The van der Waals surface area contributed by atoms with Crippen molar-refractivity contribution < 1.29 is 23.2 Å². The summed E-state index contributed by atoms with van der Waals surface area (Å²) in [4.78, 5) is 43.6. The SMILES string of the molecule is C.CCCCCNC(=O)CN(CC(=O)N(C)N1Cc2ccc(F)cc2C1)c1ccc(-c2nc(C(N)=O)co2)cc1C. The van der Waals surface area contributed by atoms with E-state index in [0.717, 1.165) is 36.0 Å². The fraction of sp³-hybridized carbons (Fsp3) is 0.400. The van der Waals surface area contributed by atoms with Gasteiger partial charge >= 0.3 is 0 Å². The number of nitrogens with two attached hydrogens (primary N) is 1. The molecule has 0 fully saturated rings. The van der Waals surface area contributed by atoms with Gasteiger partial charge in [-0.25, -0.2) is 14.4 Å². The first-order valence-corrected chi connectivity index (χ1v) is 13.3. The van der Waals surface area contributed by atoms with E-state index in [4.69, 9.17) is 10.2 Å². The lowest BCUT2D eigenvalue weighted by Gasteiger charge is -2.32. The number of unbranched alkanes of at least 4 members (excludes halogenated alkanes) is 2. The minimum atomic E-state index is -0.687. The molecule has 0 aliphatic carbocycles. The van der Waals surface area contributed by atoms with Gasteiger partial charge in [0.2, 0.25) is 11.8 Å². The van der Waals surface area contributed by atoms with Crippen LogP contribution in [0.1, 0.15) is 60.8 Å². The number of nitrogens with zero attached hydrogens (tertiary/aromatic N) is 4. The standard InChI is InChI=1S/C29H35FN6O4.CH4/c1-4-5-6-11-32-26(37)16-35(17-27(38)34(3)36-14-21-7-9-23(30)13-22(21)15-36)25-10-8-20(12-19(25)2)29-33-24(18-40-29)28(31)39;/h7-10,12-13,18H,4-6,11,14-17H2,1-3H3,(H2,31,39)(H,32,37);1H4. The number of halogens is 1. The first-order chi connectivity index (χ1) is 19.2. The van der Waals surface area contributed by atoms with Crippen molar-refractivity contribution in [3.8, 4) is 11.5 Å². The summed E-state index contributed by atoms with van der Waals surface area (Å²) in [7, 11) is 1.68. The van der Waals surface area contributed by atoms with Crippen LogP contribution < -0.4 is 16.0 Å². The molecule has 0 radical (unpaired) electrons. The van der Waals surface area contributed by atoms with Gasteiger partial charge in [-0.1, -0.05) is 33.3 Å². The summed E-state index contributed by atoms with van der Waals surface area (Å²) in [5.74, 6) is -1.15. The zero-order valence-electron chi connectivity index (χ0n) is 23.1. The Kier molecular flexibility index (Phi) is 10.6. The number of fused-ring (bicyclic) bond motifs is 1. The van der Waals surface area contributed by atoms with Crippen molar-refractivity contribution in [3.63, 3.8) is 0 Å². The highest BCUT2D eigenvalue weighted by atomic mass is 19.1. The van der Waals surface area contributed by atoms with Gasteiger partial charge < -0.3 is 20.4 Å². The van der Waals surface area contributed by atoms with Crippen LogP contribution in [0.2, 0.25) is 0 Å². The van der Waals surface area contributed by atoms with Crippen molar-refractivity contribution in [1.29, 1.82) is 0 Å². The monoisotopic (exact) mass is 566 g/mol. The summed E-state index contributed by atoms with van der Waals surface area (Å²) in [5, 5.41) is 6.33. The molecule has 2 aromatic carbocycles. The van der Waals surface area contributed by atoms with Crippen molar-refractivity contribution in [1.82, 2.24) is 20.3 Å². The number of carbonyl (C=O) groups excluding carboxylic acids is 3. The Hall–Kier alpha value is -4.25. The second-order valence-corrected chi connectivity index (χ2v) is 9.97. The average Bonchev–Trinajstić information content (AvgIpc) is 3.58. The van der Waals surface area contributed by atoms with E-state index in [1.807, 2.05) is 18.0 Å². The summed E-state index contributed by atoms with van der Waals surface area (Å²) in [6.07, 6.45) is 4.16. The third-order valence-electron chi connectivity index (χ3n) is 6.96. The molecular weight excluding hydrogens is 527 g/mol. The summed E-state index contributed by atoms with van der Waals surface area (Å²) in [5.41, 5.74) is 9.24. The molecule has 220 valence electrons. The molecule has 1 aliphatic rings. The molecule has 0 atom stereocenters. The molecule has 0 spiro atoms. The number of hydrazine groups is 1. The van der Waals surface area contributed by atoms with E-state index in [2.05, 4.69) is 17.2 Å². The average molecular weight is 567 g/mol. The molecule has 3 N–H and O–H groups in total. The second kappa shape index (κ2) is 13.9. The maximum absolute atomic E-state index is 13.7. The molecule has 41 heavy (non-hydrogen) atoms. The first kappa shape index (κ1) is 31.3. The molecule has 0 saturated carbocycles. The van der Waals surface area contributed by atoms with Gasteiger partial charge in [0.05, 0.1) is 13.1 Å². The lowest BCUT2D eigenvalue weighted by Crippen LogP contribution is -2.48. The quantitative estimate of drug-likeness (QED) is 0.317. The summed E-state index contributed by atoms with van der Waals surface area (Å²) in [6.45, 7) is 5.38. The predicted octanol–water partition coefficient (Wildman–Crippen LogP) is 4.03. The Bertz CT molecular complexity index is 1390. The van der Waals surface area contributed by atoms with Crippen molar-refractivity contribution in [2.75, 3.05) is 31.6 Å². The molecule has 0 saturated heterocycles. The minimum absolute atomic E-state index is 0. The lowest BCUT2D eigenvalue weighted by molar-refractivity contribution is -0.145. The number of aromatic nitrogens is 1. The van der Waals surface area contributed by atoms with Crippen LogP contribution in [0.5, 0.6) is 0 Å². The van der Waals surface area contributed by atoms with Gasteiger partial charge in [-0.15, -0.1) is 0 Å². The highest BCUT2D eigenvalue weighted by molar-refractivity contribution is 5.91. The Morgan fingerprint density at radius 1 is 1.10 bits per heavy atom. The Balaban J connectivity index is 0.00000462. The number of carbonyl (C=O) groups is 3. The number of benzene rings is 2. The smallest absolute Gasteiger partial charge is 0.270 e. The van der Waals surface area contributed by atoms with Gasteiger partial charge in [0, 0.05) is 37.9 Å². The highest BCUT2D eigenvalue weighted by Crippen LogP contribution is 2.28. The maximum atomic E-state index is 13.7. The molecule has 1 aromatic heterocycles. The number of rotatable bonds is 12. The number of amides is 3. The molecule has 1 aliphatic heterocycles. The molecule has 3 amide bonds. The molecule has 3 aromatic rings. The first-order valence-electron chi connectivity index (χ1n) is 13.3. The van der Waals surface area contributed by atoms with Crippen molar-refractivity contribution in [2.24, 2.45) is 5.73 Å². The number of anilines is 1. The van der Waals surface area contributed by atoms with Crippen molar-refractivity contribution >= 4 is 23.4 Å². The normalized spacial score (nSPS) is 12.4. The van der Waals surface area contributed by atoms with Gasteiger partial charge in [0.25, 0.3) is 11.8 Å². The van der Waals surface area contributed by atoms with Crippen molar-refractivity contribution in [3.05, 3.63) is 70.9 Å². The van der Waals surface area contributed by atoms with Crippen LogP contribution in [0.15, 0.2) is 47.1 Å². The number of likely N-dealkylation sites (N-methyl/N-ethyl adjacent to an activating group) is 1. The Morgan fingerprint density at radius 2 is 1.85 bits per heavy atom. The molecular formula is C30H39FN6O4. The van der Waals surface area contributed by atoms with E-state index in [1.54, 1.807) is 30.1 Å². The third-order valence-corrected chi connectivity index (χ3v) is 6.96. The van der Waals surface area contributed by atoms with Crippen LogP contribution in [0.4, 0.5) is 10.1 Å². The topological polar surface area (TPSA) is 125 Å². The zero-order valence-corrected chi connectivity index (χ0v) is 23.1. The number of hydrogen-bond donors (Lipinski definition) is 2. The van der Waals surface area contributed by atoms with Crippen molar-refractivity contribution in [2.45, 2.75) is 53.6 Å². The van der Waals surface area contributed by atoms with Gasteiger partial charge in [0.15, 0.2) is 5.69 Å². The van der Waals surface area contributed by atoms with Gasteiger partial charge in [-0.3, -0.25) is 19.4 Å². The number of aryl methyl sites for hydroxylation is 1. The van der Waals surface area contributed by atoms with E-state index in [0.29, 0.717) is 30.9 Å². The maximum Gasteiger partial charge on any atom is 0.270 e. The summed E-state index contributed by atoms with van der Waals surface area (Å²) >= 11 is 0. The van der Waals surface area contributed by atoms with E-state index in [-0.39, 0.29) is 49.7 Å². The predicted molar refractivity (Wildman–Crippen MR) is 155 cm³/mol. The highest BCUT2D eigenvalue weighted by Gasteiger charge is 2.27. The molecule has 11 heteroatoms. The molecule has 10 nitrogen and oxygen atoms in total. The molecule has 0 unspecified atom stereocenters. The minimum Gasteiger partial charge on any atom is -0.444 e. The van der Waals surface area contributed by atoms with Crippen LogP contribution in [0, 0.1) is 12.7 Å². The third kappa shape index (κ3) is 7.69. The van der Waals surface area contributed by atoms with Gasteiger partial charge in [-0.05, 0) is 60.4 Å². The Morgan fingerprint density at radius 3 is 2.54 bits per heavy atom. The molecule has 4 rings (SSSR count). The second-order valence-electron chi connectivity index (χ2n) is 9.97. The fourth-order valence-corrected chi connectivity index (χ4v) is 4.70. The fourth-order valence-electron chi connectivity index (χ4n) is 4.70. The van der Waals surface area contributed by atoms with Crippen LogP contribution in [-0.2, 0) is 22.7 Å². The number of oxazole rings is 1. The van der Waals surface area contributed by atoms with Crippen LogP contribution in [0.25, 0.3) is 11.5 Å². The van der Waals surface area contributed by atoms with E-state index in [9.17, 15) is 18.8 Å². The Labute approximate surface area is 240 Å². The molecule has 2 heterocycles. The van der Waals surface area contributed by atoms with E-state index in [1.165, 1.54) is 23.4 Å². The number of hydrogen-bond acceptors (Lipinski definition) is 7. The lowest BCUT2D eigenvalue weighted by atomic mass is 10.1. The van der Waals surface area contributed by atoms with E-state index < -0.39 is 5.91 Å². The van der Waals surface area contributed by atoms with Crippen LogP contribution >= 0.6 is 0 Å². The number of nitrogens with one attached hydrogen (secondary N) is 1. The van der Waals surface area contributed by atoms with Gasteiger partial charge in [0.1, 0.15) is 12.1 Å². The van der Waals surface area contributed by atoms with E-state index >= 15 is 0 Å². The number of primary amides is 1. The summed E-state index contributed by atoms with van der Waals surface area (Å²) < 4.78 is 19.1. The molecule has 0 bridgehead atoms.